The van der Waals surface area contributed by atoms with Crippen molar-refractivity contribution in [1.82, 2.24) is 9.99 Å². The Kier molecular flexibility index (Phi) is 5.36. The predicted octanol–water partition coefficient (Wildman–Crippen LogP) is 2.92. The molecule has 0 aliphatic carbocycles. The van der Waals surface area contributed by atoms with Crippen molar-refractivity contribution in [3.63, 3.8) is 0 Å². The van der Waals surface area contributed by atoms with Crippen LogP contribution in [-0.2, 0) is 14.3 Å². The number of nitro benzene ring substituents is 1. The van der Waals surface area contributed by atoms with Gasteiger partial charge in [-0.15, -0.1) is 5.10 Å². The maximum Gasteiger partial charge on any atom is 0.313 e. The SMILES string of the molecule is CC(=O)Oc1c(C2OC(c3ccncc3)=NN2C(C)=O)cc(Br)cc1[N+](=O)[O-]. The summed E-state index contributed by atoms with van der Waals surface area (Å²) in [7, 11) is 0. The molecule has 0 saturated heterocycles. The second-order valence-electron chi connectivity index (χ2n) is 5.67. The fraction of sp³-hybridized carbons (Fsp3) is 0.176. The van der Waals surface area contributed by atoms with Crippen molar-refractivity contribution >= 4 is 39.4 Å². The number of hydrogen-bond donors (Lipinski definition) is 0. The van der Waals surface area contributed by atoms with E-state index in [9.17, 15) is 19.7 Å². The Morgan fingerprint density at radius 1 is 1.29 bits per heavy atom. The number of aromatic nitrogens is 1. The number of hydrogen-bond acceptors (Lipinski definition) is 8. The highest BCUT2D eigenvalue weighted by molar-refractivity contribution is 9.10. The van der Waals surface area contributed by atoms with Gasteiger partial charge in [-0.25, -0.2) is 0 Å². The molecule has 0 bridgehead atoms. The zero-order chi connectivity index (χ0) is 20.4. The molecule has 3 rings (SSSR count). The van der Waals surface area contributed by atoms with Crippen molar-refractivity contribution in [1.29, 1.82) is 0 Å². The molecule has 28 heavy (non-hydrogen) atoms. The molecular formula is C17H13BrN4O6. The molecule has 0 radical (unpaired) electrons. The van der Waals surface area contributed by atoms with Crippen LogP contribution in [0.5, 0.6) is 5.75 Å². The van der Waals surface area contributed by atoms with E-state index in [-0.39, 0.29) is 17.2 Å². The number of carbonyl (C=O) groups is 2. The maximum absolute atomic E-state index is 12.1. The summed E-state index contributed by atoms with van der Waals surface area (Å²) in [5.74, 6) is -1.41. The van der Waals surface area contributed by atoms with Gasteiger partial charge in [0.1, 0.15) is 0 Å². The van der Waals surface area contributed by atoms with Crippen molar-refractivity contribution in [2.24, 2.45) is 5.10 Å². The van der Waals surface area contributed by atoms with E-state index in [4.69, 9.17) is 9.47 Å². The van der Waals surface area contributed by atoms with Gasteiger partial charge in [0, 0.05) is 42.3 Å². The Labute approximate surface area is 167 Å². The average molecular weight is 449 g/mol. The summed E-state index contributed by atoms with van der Waals surface area (Å²) in [4.78, 5) is 38.3. The average Bonchev–Trinajstić information content (AvgIpc) is 3.08. The van der Waals surface area contributed by atoms with Gasteiger partial charge in [0.2, 0.25) is 23.8 Å². The van der Waals surface area contributed by atoms with Gasteiger partial charge in [0.15, 0.2) is 0 Å². The molecule has 0 saturated carbocycles. The third-order valence-corrected chi connectivity index (χ3v) is 4.12. The number of ether oxygens (including phenoxy) is 2. The summed E-state index contributed by atoms with van der Waals surface area (Å²) in [6.07, 6.45) is 1.90. The maximum atomic E-state index is 12.1. The number of halogens is 1. The number of rotatable bonds is 4. The quantitative estimate of drug-likeness (QED) is 0.304. The lowest BCUT2D eigenvalue weighted by Gasteiger charge is -2.21. The Hall–Kier alpha value is -3.34. The van der Waals surface area contributed by atoms with Gasteiger partial charge in [-0.3, -0.25) is 24.7 Å². The van der Waals surface area contributed by atoms with Crippen molar-refractivity contribution < 1.29 is 24.0 Å². The first-order valence-corrected chi connectivity index (χ1v) is 8.69. The summed E-state index contributed by atoms with van der Waals surface area (Å²) >= 11 is 3.20. The Balaban J connectivity index is 2.13. The van der Waals surface area contributed by atoms with Gasteiger partial charge in [-0.05, 0) is 18.2 Å². The topological polar surface area (TPSA) is 124 Å². The third kappa shape index (κ3) is 3.83. The number of nitro groups is 1. The van der Waals surface area contributed by atoms with E-state index >= 15 is 0 Å². The monoisotopic (exact) mass is 448 g/mol. The van der Waals surface area contributed by atoms with Crippen molar-refractivity contribution in [2.75, 3.05) is 0 Å². The first kappa shape index (κ1) is 19.4. The van der Waals surface area contributed by atoms with Crippen LogP contribution in [0, 0.1) is 10.1 Å². The zero-order valence-electron chi connectivity index (χ0n) is 14.7. The Morgan fingerprint density at radius 2 is 1.96 bits per heavy atom. The van der Waals surface area contributed by atoms with E-state index in [1.54, 1.807) is 12.1 Å². The van der Waals surface area contributed by atoms with E-state index in [0.29, 0.717) is 10.0 Å². The smallest absolute Gasteiger partial charge is 0.313 e. The number of carbonyl (C=O) groups excluding carboxylic acids is 2. The Morgan fingerprint density at radius 3 is 2.54 bits per heavy atom. The number of pyridine rings is 1. The molecule has 11 heteroatoms. The molecule has 2 aromatic rings. The minimum absolute atomic E-state index is 0.0966. The minimum atomic E-state index is -1.16. The van der Waals surface area contributed by atoms with Gasteiger partial charge in [0.25, 0.3) is 0 Å². The lowest BCUT2D eigenvalue weighted by molar-refractivity contribution is -0.385. The highest BCUT2D eigenvalue weighted by Gasteiger charge is 2.38. The largest absolute Gasteiger partial charge is 0.446 e. The predicted molar refractivity (Wildman–Crippen MR) is 99.2 cm³/mol. The molecule has 0 fully saturated rings. The van der Waals surface area contributed by atoms with Crippen LogP contribution < -0.4 is 4.74 Å². The molecule has 1 atom stereocenters. The van der Waals surface area contributed by atoms with Crippen LogP contribution in [0.15, 0.2) is 46.2 Å². The van der Waals surface area contributed by atoms with Crippen LogP contribution in [-0.4, -0.2) is 32.7 Å². The first-order chi connectivity index (χ1) is 13.3. The molecule has 10 nitrogen and oxygen atoms in total. The number of benzene rings is 1. The molecule has 0 N–H and O–H groups in total. The van der Waals surface area contributed by atoms with Gasteiger partial charge >= 0.3 is 11.7 Å². The highest BCUT2D eigenvalue weighted by Crippen LogP contribution is 2.42. The van der Waals surface area contributed by atoms with Gasteiger partial charge in [-0.2, -0.15) is 5.01 Å². The summed E-state index contributed by atoms with van der Waals surface area (Å²) in [5, 5.41) is 16.6. The summed E-state index contributed by atoms with van der Waals surface area (Å²) in [6.45, 7) is 2.39. The normalized spacial score (nSPS) is 15.6. The minimum Gasteiger partial charge on any atom is -0.446 e. The second-order valence-corrected chi connectivity index (χ2v) is 6.58. The van der Waals surface area contributed by atoms with Crippen molar-refractivity contribution in [3.05, 3.63) is 62.4 Å². The Bertz CT molecular complexity index is 995. The van der Waals surface area contributed by atoms with Gasteiger partial charge in [0.05, 0.1) is 10.5 Å². The van der Waals surface area contributed by atoms with Crippen molar-refractivity contribution in [3.8, 4) is 5.75 Å². The number of nitrogens with zero attached hydrogens (tertiary/aromatic N) is 4. The molecule has 1 unspecified atom stereocenters. The van der Waals surface area contributed by atoms with E-state index in [1.807, 2.05) is 0 Å². The molecule has 1 amide bonds. The fourth-order valence-electron chi connectivity index (χ4n) is 2.55. The second kappa shape index (κ2) is 7.72. The lowest BCUT2D eigenvalue weighted by Crippen LogP contribution is -2.26. The van der Waals surface area contributed by atoms with Crippen LogP contribution in [0.25, 0.3) is 0 Å². The first-order valence-electron chi connectivity index (χ1n) is 7.89. The van der Waals surface area contributed by atoms with Crippen LogP contribution in [0.2, 0.25) is 0 Å². The number of esters is 1. The summed E-state index contributed by atoms with van der Waals surface area (Å²) in [5.41, 5.74) is 0.200. The molecule has 144 valence electrons. The van der Waals surface area contributed by atoms with Crippen LogP contribution >= 0.6 is 15.9 Å². The number of hydrazone groups is 1. The fourth-order valence-corrected chi connectivity index (χ4v) is 3.02. The van der Waals surface area contributed by atoms with Crippen LogP contribution in [0.3, 0.4) is 0 Å². The molecule has 2 heterocycles. The zero-order valence-corrected chi connectivity index (χ0v) is 16.2. The summed E-state index contributed by atoms with van der Waals surface area (Å²) < 4.78 is 11.2. The lowest BCUT2D eigenvalue weighted by atomic mass is 10.1. The van der Waals surface area contributed by atoms with E-state index < -0.39 is 28.7 Å². The molecule has 1 aromatic heterocycles. The standard InChI is InChI=1S/C17H13BrN4O6/c1-9(23)21-17(28-16(20-21)11-3-5-19-6-4-11)13-7-12(18)8-14(22(25)26)15(13)27-10(2)24/h3-8,17H,1-2H3. The van der Waals surface area contributed by atoms with E-state index in [1.165, 1.54) is 31.5 Å². The number of amides is 1. The van der Waals surface area contributed by atoms with E-state index in [2.05, 4.69) is 26.0 Å². The highest BCUT2D eigenvalue weighted by atomic mass is 79.9. The van der Waals surface area contributed by atoms with Gasteiger partial charge < -0.3 is 9.47 Å². The molecule has 1 aromatic carbocycles. The third-order valence-electron chi connectivity index (χ3n) is 3.67. The molecule has 1 aliphatic heterocycles. The van der Waals surface area contributed by atoms with E-state index in [0.717, 1.165) is 11.9 Å². The molecule has 1 aliphatic rings. The molecular weight excluding hydrogens is 436 g/mol. The molecule has 0 spiro atoms. The van der Waals surface area contributed by atoms with Crippen LogP contribution in [0.4, 0.5) is 5.69 Å². The summed E-state index contributed by atoms with van der Waals surface area (Å²) in [6, 6.07) is 5.93. The van der Waals surface area contributed by atoms with Gasteiger partial charge in [-0.1, -0.05) is 15.9 Å². The van der Waals surface area contributed by atoms with Crippen molar-refractivity contribution in [2.45, 2.75) is 20.1 Å². The van der Waals surface area contributed by atoms with Crippen LogP contribution in [0.1, 0.15) is 31.2 Å².